The second-order valence-corrected chi connectivity index (χ2v) is 5.12. The topological polar surface area (TPSA) is 86.8 Å². The fourth-order valence-corrected chi connectivity index (χ4v) is 2.71. The molecule has 0 bridgehead atoms. The lowest BCUT2D eigenvalue weighted by molar-refractivity contribution is 0.0980. The van der Waals surface area contributed by atoms with Crippen LogP contribution >= 0.6 is 0 Å². The van der Waals surface area contributed by atoms with Crippen molar-refractivity contribution in [3.05, 3.63) is 47.5 Å². The van der Waals surface area contributed by atoms with E-state index in [0.717, 1.165) is 24.1 Å². The largest absolute Gasteiger partial charge is 0.507 e. The molecule has 0 spiro atoms. The van der Waals surface area contributed by atoms with Gasteiger partial charge in [0.1, 0.15) is 17.1 Å². The molecule has 1 heterocycles. The molecule has 0 aromatic heterocycles. The summed E-state index contributed by atoms with van der Waals surface area (Å²) in [6.07, 6.45) is 1.67. The van der Waals surface area contributed by atoms with E-state index in [0.29, 0.717) is 12.2 Å². The fraction of sp³-hybridized carbons (Fsp3) is 0.188. The Kier molecular flexibility index (Phi) is 3.17. The number of nitrogen functional groups attached to an aromatic ring is 1. The Morgan fingerprint density at radius 1 is 1.14 bits per heavy atom. The molecule has 0 saturated heterocycles. The quantitative estimate of drug-likeness (QED) is 0.701. The molecular weight excluding hydrogens is 268 g/mol. The first-order valence-corrected chi connectivity index (χ1v) is 6.79. The normalized spacial score (nSPS) is 13.8. The molecule has 4 N–H and O–H groups in total. The predicted octanol–water partition coefficient (Wildman–Crippen LogP) is 2.27. The monoisotopic (exact) mass is 284 g/mol. The highest BCUT2D eigenvalue weighted by molar-refractivity contribution is 6.10. The van der Waals surface area contributed by atoms with Gasteiger partial charge < -0.3 is 20.8 Å². The van der Waals surface area contributed by atoms with E-state index in [2.05, 4.69) is 0 Å². The summed E-state index contributed by atoms with van der Waals surface area (Å²) in [7, 11) is 0. The lowest BCUT2D eigenvalue weighted by atomic mass is 9.99. The summed E-state index contributed by atoms with van der Waals surface area (Å²) >= 11 is 0. The van der Waals surface area contributed by atoms with E-state index in [9.17, 15) is 15.0 Å². The van der Waals surface area contributed by atoms with Crippen LogP contribution in [0, 0.1) is 0 Å². The number of amides is 1. The number of nitrogens with two attached hydrogens (primary N) is 1. The minimum absolute atomic E-state index is 0.0674. The molecule has 0 fully saturated rings. The Balaban J connectivity index is 2.05. The average Bonchev–Trinajstić information content (AvgIpc) is 2.46. The lowest BCUT2D eigenvalue weighted by Gasteiger charge is -2.30. The van der Waals surface area contributed by atoms with E-state index < -0.39 is 5.91 Å². The summed E-state index contributed by atoms with van der Waals surface area (Å²) in [6, 6.07) is 9.68. The summed E-state index contributed by atoms with van der Waals surface area (Å²) in [5.74, 6) is -0.846. The van der Waals surface area contributed by atoms with Crippen LogP contribution in [0.3, 0.4) is 0 Å². The zero-order valence-electron chi connectivity index (χ0n) is 11.4. The third-order valence-electron chi connectivity index (χ3n) is 3.70. The van der Waals surface area contributed by atoms with Crippen LogP contribution < -0.4 is 10.6 Å². The molecular formula is C16H16N2O3. The number of carbonyl (C=O) groups excluding carboxylic acids is 1. The Labute approximate surface area is 122 Å². The summed E-state index contributed by atoms with van der Waals surface area (Å²) in [5.41, 5.74) is 8.16. The minimum atomic E-state index is -0.406. The second-order valence-electron chi connectivity index (χ2n) is 5.12. The number of aryl methyl sites for hydroxylation is 1. The number of benzene rings is 2. The Morgan fingerprint density at radius 2 is 1.86 bits per heavy atom. The van der Waals surface area contributed by atoms with Crippen LogP contribution in [-0.4, -0.2) is 22.7 Å². The third-order valence-corrected chi connectivity index (χ3v) is 3.70. The fourth-order valence-electron chi connectivity index (χ4n) is 2.71. The van der Waals surface area contributed by atoms with Crippen LogP contribution in [0.1, 0.15) is 22.3 Å². The number of phenolic OH excluding ortho intramolecular Hbond substituents is 2. The summed E-state index contributed by atoms with van der Waals surface area (Å²) in [4.78, 5) is 14.2. The number of anilines is 2. The first-order chi connectivity index (χ1) is 10.1. The average molecular weight is 284 g/mol. The molecule has 0 radical (unpaired) electrons. The zero-order valence-corrected chi connectivity index (χ0v) is 11.4. The van der Waals surface area contributed by atoms with Crippen molar-refractivity contribution in [3.8, 4) is 11.5 Å². The van der Waals surface area contributed by atoms with Gasteiger partial charge in [-0.25, -0.2) is 0 Å². The van der Waals surface area contributed by atoms with E-state index in [4.69, 9.17) is 5.73 Å². The van der Waals surface area contributed by atoms with Gasteiger partial charge in [0.05, 0.1) is 0 Å². The number of nitrogens with zero attached hydrogens (tertiary/aromatic N) is 1. The Morgan fingerprint density at radius 3 is 2.57 bits per heavy atom. The maximum absolute atomic E-state index is 12.7. The third kappa shape index (κ3) is 2.27. The molecule has 108 valence electrons. The molecule has 0 unspecified atom stereocenters. The van der Waals surface area contributed by atoms with Crippen LogP contribution in [0.15, 0.2) is 36.4 Å². The molecule has 1 amide bonds. The number of phenols is 2. The maximum Gasteiger partial charge on any atom is 0.265 e. The van der Waals surface area contributed by atoms with E-state index in [1.54, 1.807) is 17.0 Å². The molecule has 1 aliphatic heterocycles. The standard InChI is InChI=1S/C16H16N2O3/c17-11-6-7-12-10(9-11)3-2-8-18(12)16(21)15-13(19)4-1-5-14(15)20/h1,4-7,9,19-20H,2-3,8,17H2. The van der Waals surface area contributed by atoms with Crippen molar-refractivity contribution in [2.45, 2.75) is 12.8 Å². The summed E-state index contributed by atoms with van der Waals surface area (Å²) < 4.78 is 0. The van der Waals surface area contributed by atoms with E-state index in [1.165, 1.54) is 18.2 Å². The van der Waals surface area contributed by atoms with Crippen molar-refractivity contribution in [2.24, 2.45) is 0 Å². The van der Waals surface area contributed by atoms with E-state index in [-0.39, 0.29) is 17.1 Å². The van der Waals surface area contributed by atoms with Gasteiger partial charge in [0.2, 0.25) is 0 Å². The van der Waals surface area contributed by atoms with Gasteiger partial charge in [0.25, 0.3) is 5.91 Å². The van der Waals surface area contributed by atoms with Gasteiger partial charge >= 0.3 is 0 Å². The van der Waals surface area contributed by atoms with Crippen LogP contribution in [0.5, 0.6) is 11.5 Å². The van der Waals surface area contributed by atoms with E-state index >= 15 is 0 Å². The van der Waals surface area contributed by atoms with Gasteiger partial charge in [-0.3, -0.25) is 4.79 Å². The second kappa shape index (κ2) is 5.01. The number of carbonyl (C=O) groups is 1. The van der Waals surface area contributed by atoms with Gasteiger partial charge in [-0.15, -0.1) is 0 Å². The van der Waals surface area contributed by atoms with Crippen LogP contribution in [0.25, 0.3) is 0 Å². The van der Waals surface area contributed by atoms with Gasteiger partial charge in [-0.05, 0) is 48.7 Å². The molecule has 0 saturated carbocycles. The molecule has 5 heteroatoms. The number of aromatic hydroxyl groups is 2. The number of hydrogen-bond acceptors (Lipinski definition) is 4. The van der Waals surface area contributed by atoms with Crippen LogP contribution in [0.4, 0.5) is 11.4 Å². The minimum Gasteiger partial charge on any atom is -0.507 e. The van der Waals surface area contributed by atoms with Gasteiger partial charge in [-0.1, -0.05) is 6.07 Å². The maximum atomic E-state index is 12.7. The lowest BCUT2D eigenvalue weighted by Crippen LogP contribution is -2.35. The van der Waals surface area contributed by atoms with Gasteiger partial charge in [0, 0.05) is 17.9 Å². The molecule has 0 atom stereocenters. The van der Waals surface area contributed by atoms with E-state index in [1.807, 2.05) is 6.07 Å². The number of fused-ring (bicyclic) bond motifs is 1. The van der Waals surface area contributed by atoms with Crippen molar-refractivity contribution < 1.29 is 15.0 Å². The summed E-state index contributed by atoms with van der Waals surface area (Å²) in [5, 5.41) is 19.7. The molecule has 3 rings (SSSR count). The molecule has 2 aromatic carbocycles. The van der Waals surface area contributed by atoms with Crippen LogP contribution in [0.2, 0.25) is 0 Å². The molecule has 1 aliphatic rings. The zero-order chi connectivity index (χ0) is 15.0. The highest BCUT2D eigenvalue weighted by Gasteiger charge is 2.27. The highest BCUT2D eigenvalue weighted by Crippen LogP contribution is 2.34. The molecule has 21 heavy (non-hydrogen) atoms. The summed E-state index contributed by atoms with van der Waals surface area (Å²) in [6.45, 7) is 0.545. The van der Waals surface area contributed by atoms with Gasteiger partial charge in [-0.2, -0.15) is 0 Å². The van der Waals surface area contributed by atoms with Crippen molar-refractivity contribution in [2.75, 3.05) is 17.2 Å². The SMILES string of the molecule is Nc1ccc2c(c1)CCCN2C(=O)c1c(O)cccc1O. The molecule has 2 aromatic rings. The van der Waals surface area contributed by atoms with Crippen molar-refractivity contribution >= 4 is 17.3 Å². The van der Waals surface area contributed by atoms with Crippen LogP contribution in [-0.2, 0) is 6.42 Å². The highest BCUT2D eigenvalue weighted by atomic mass is 16.3. The Hall–Kier alpha value is -2.69. The van der Waals surface area contributed by atoms with Crippen molar-refractivity contribution in [1.82, 2.24) is 0 Å². The Bertz CT molecular complexity index is 692. The van der Waals surface area contributed by atoms with Crippen molar-refractivity contribution in [3.63, 3.8) is 0 Å². The first kappa shape index (κ1) is 13.3. The first-order valence-electron chi connectivity index (χ1n) is 6.79. The van der Waals surface area contributed by atoms with Crippen molar-refractivity contribution in [1.29, 1.82) is 0 Å². The smallest absolute Gasteiger partial charge is 0.265 e. The van der Waals surface area contributed by atoms with Gasteiger partial charge in [0.15, 0.2) is 0 Å². The molecule has 5 nitrogen and oxygen atoms in total. The number of rotatable bonds is 1. The molecule has 0 aliphatic carbocycles. The predicted molar refractivity (Wildman–Crippen MR) is 80.6 cm³/mol. The number of hydrogen-bond donors (Lipinski definition) is 3.